The van der Waals surface area contributed by atoms with E-state index in [2.05, 4.69) is 20.3 Å². The highest BCUT2D eigenvalue weighted by Crippen LogP contribution is 2.35. The predicted octanol–water partition coefficient (Wildman–Crippen LogP) is 9.57. The summed E-state index contributed by atoms with van der Waals surface area (Å²) in [5.74, 6) is -0.417. The molecule has 0 fully saturated rings. The van der Waals surface area contributed by atoms with Gasteiger partial charge in [0.05, 0.1) is 25.8 Å². The summed E-state index contributed by atoms with van der Waals surface area (Å²) in [6, 6.07) is 21.5. The summed E-state index contributed by atoms with van der Waals surface area (Å²) in [6.07, 6.45) is 7.27. The summed E-state index contributed by atoms with van der Waals surface area (Å²) in [5.41, 5.74) is 3.29. The van der Waals surface area contributed by atoms with Gasteiger partial charge in [0.25, 0.3) is 5.91 Å². The number of hydrogen-bond donors (Lipinski definition) is 1. The second kappa shape index (κ2) is 13.9. The van der Waals surface area contributed by atoms with Gasteiger partial charge in [0.2, 0.25) is 0 Å². The molecule has 3 aromatic heterocycles. The van der Waals surface area contributed by atoms with Crippen molar-refractivity contribution in [2.24, 2.45) is 4.99 Å². The first-order valence-corrected chi connectivity index (χ1v) is 15.3. The molecule has 0 aliphatic rings. The number of aliphatic imine (C=N–C) groups is 1. The maximum Gasteiger partial charge on any atom is 0.275 e. The van der Waals surface area contributed by atoms with E-state index in [4.69, 9.17) is 51.1 Å². The SMILES string of the molecule is O=C(Nc1c(Cl)cncc1Cl)C(=Nc1c(Cl)cncc1Cl)c1cn(Cc2ccc(F)cc2)c2ccc(OCc3ccccc3)cc12. The number of benzene rings is 3. The standard InChI is InChI=1S/C34H22Cl4FN5O2/c35-26-13-40-14-27(36)32(26)42-31(34(45)43-33-28(37)15-41-16-29(33)38)25-18-44(17-20-6-8-22(39)9-7-20)30-11-10-23(12-24(25)30)46-19-21-4-2-1-3-5-21/h1-16,18H,17,19H2,(H,41,43,45). The zero-order chi connectivity index (χ0) is 32.2. The van der Waals surface area contributed by atoms with Gasteiger partial charge in [-0.05, 0) is 41.5 Å². The minimum absolute atomic E-state index is 0.0398. The Labute approximate surface area is 283 Å². The summed E-state index contributed by atoms with van der Waals surface area (Å²) in [6.45, 7) is 0.704. The molecule has 46 heavy (non-hydrogen) atoms. The molecule has 3 heterocycles. The molecule has 0 bridgehead atoms. The predicted molar refractivity (Wildman–Crippen MR) is 182 cm³/mol. The van der Waals surface area contributed by atoms with E-state index in [1.807, 2.05) is 53.1 Å². The summed E-state index contributed by atoms with van der Waals surface area (Å²) in [4.78, 5) is 26.8. The third kappa shape index (κ3) is 7.00. The van der Waals surface area contributed by atoms with Crippen molar-refractivity contribution in [1.82, 2.24) is 14.5 Å². The zero-order valence-electron chi connectivity index (χ0n) is 23.7. The normalized spacial score (nSPS) is 11.5. The largest absolute Gasteiger partial charge is 0.489 e. The first kappa shape index (κ1) is 31.5. The van der Waals surface area contributed by atoms with Crippen LogP contribution in [0.1, 0.15) is 16.7 Å². The summed E-state index contributed by atoms with van der Waals surface area (Å²) in [7, 11) is 0. The number of aromatic nitrogens is 3. The molecule has 1 N–H and O–H groups in total. The van der Waals surface area contributed by atoms with Gasteiger partial charge in [-0.2, -0.15) is 0 Å². The zero-order valence-corrected chi connectivity index (χ0v) is 26.7. The number of halogens is 5. The lowest BCUT2D eigenvalue weighted by atomic mass is 10.1. The molecule has 0 saturated carbocycles. The maximum absolute atomic E-state index is 14.1. The van der Waals surface area contributed by atoms with Crippen molar-refractivity contribution < 1.29 is 13.9 Å². The number of hydrogen-bond acceptors (Lipinski definition) is 5. The molecular weight excluding hydrogens is 671 g/mol. The van der Waals surface area contributed by atoms with Crippen molar-refractivity contribution >= 4 is 80.3 Å². The van der Waals surface area contributed by atoms with Crippen molar-refractivity contribution in [3.63, 3.8) is 0 Å². The number of ether oxygens (including phenoxy) is 1. The molecule has 0 unspecified atom stereocenters. The van der Waals surface area contributed by atoms with Gasteiger partial charge in [-0.15, -0.1) is 0 Å². The van der Waals surface area contributed by atoms with E-state index < -0.39 is 5.91 Å². The Morgan fingerprint density at radius 1 is 0.826 bits per heavy atom. The number of carbonyl (C=O) groups is 1. The molecular formula is C34H22Cl4FN5O2. The number of fused-ring (bicyclic) bond motifs is 1. The Bertz CT molecular complexity index is 2050. The van der Waals surface area contributed by atoms with Crippen LogP contribution in [-0.2, 0) is 17.9 Å². The number of nitrogens with one attached hydrogen (secondary N) is 1. The van der Waals surface area contributed by atoms with Crippen molar-refractivity contribution in [2.45, 2.75) is 13.2 Å². The van der Waals surface area contributed by atoms with Crippen LogP contribution in [0.5, 0.6) is 5.75 Å². The van der Waals surface area contributed by atoms with Crippen LogP contribution in [-0.4, -0.2) is 26.2 Å². The Kier molecular flexibility index (Phi) is 9.51. The average Bonchev–Trinajstić information content (AvgIpc) is 3.40. The molecule has 0 spiro atoms. The quantitative estimate of drug-likeness (QED) is 0.153. The van der Waals surface area contributed by atoms with E-state index >= 15 is 0 Å². The molecule has 0 saturated heterocycles. The van der Waals surface area contributed by atoms with Gasteiger partial charge in [0, 0.05) is 54.0 Å². The Hall–Kier alpha value is -4.47. The third-order valence-corrected chi connectivity index (χ3v) is 8.11. The molecule has 12 heteroatoms. The average molecular weight is 693 g/mol. The van der Waals surface area contributed by atoms with Crippen LogP contribution < -0.4 is 10.1 Å². The Morgan fingerprint density at radius 2 is 1.48 bits per heavy atom. The smallest absolute Gasteiger partial charge is 0.275 e. The van der Waals surface area contributed by atoms with E-state index in [0.29, 0.717) is 29.9 Å². The van der Waals surface area contributed by atoms with E-state index in [0.717, 1.165) is 16.6 Å². The highest BCUT2D eigenvalue weighted by molar-refractivity contribution is 6.53. The minimum Gasteiger partial charge on any atom is -0.489 e. The van der Waals surface area contributed by atoms with E-state index in [-0.39, 0.29) is 43.0 Å². The number of amides is 1. The minimum atomic E-state index is -0.643. The van der Waals surface area contributed by atoms with Crippen LogP contribution in [0, 0.1) is 5.82 Å². The van der Waals surface area contributed by atoms with Crippen molar-refractivity contribution in [1.29, 1.82) is 0 Å². The number of anilines is 1. The van der Waals surface area contributed by atoms with Gasteiger partial charge >= 0.3 is 0 Å². The second-order valence-corrected chi connectivity index (χ2v) is 11.7. The van der Waals surface area contributed by atoms with Crippen molar-refractivity contribution in [2.75, 3.05) is 5.32 Å². The second-order valence-electron chi connectivity index (χ2n) is 10.1. The molecule has 7 nitrogen and oxygen atoms in total. The topological polar surface area (TPSA) is 81.4 Å². The van der Waals surface area contributed by atoms with Crippen LogP contribution in [0.2, 0.25) is 20.1 Å². The number of carbonyl (C=O) groups excluding carboxylic acids is 1. The van der Waals surface area contributed by atoms with E-state index in [1.54, 1.807) is 18.3 Å². The lowest BCUT2D eigenvalue weighted by Gasteiger charge is -2.12. The molecule has 6 aromatic rings. The first-order valence-electron chi connectivity index (χ1n) is 13.8. The molecule has 0 atom stereocenters. The molecule has 0 radical (unpaired) electrons. The fraction of sp³-hybridized carbons (Fsp3) is 0.0588. The lowest BCUT2D eigenvalue weighted by Crippen LogP contribution is -2.24. The monoisotopic (exact) mass is 691 g/mol. The van der Waals surface area contributed by atoms with Crippen LogP contribution >= 0.6 is 46.4 Å². The molecule has 230 valence electrons. The van der Waals surface area contributed by atoms with Gasteiger partial charge in [-0.1, -0.05) is 88.9 Å². The van der Waals surface area contributed by atoms with Crippen LogP contribution in [0.15, 0.2) is 109 Å². The number of pyridine rings is 2. The van der Waals surface area contributed by atoms with Gasteiger partial charge in [0.15, 0.2) is 0 Å². The van der Waals surface area contributed by atoms with Crippen LogP contribution in [0.25, 0.3) is 10.9 Å². The maximum atomic E-state index is 14.1. The van der Waals surface area contributed by atoms with Crippen molar-refractivity contribution in [3.05, 3.63) is 146 Å². The Balaban J connectivity index is 1.51. The molecule has 1 amide bonds. The van der Waals surface area contributed by atoms with Crippen LogP contribution in [0.4, 0.5) is 15.8 Å². The van der Waals surface area contributed by atoms with Gasteiger partial charge in [0.1, 0.15) is 29.6 Å². The molecule has 0 aliphatic carbocycles. The fourth-order valence-corrected chi connectivity index (χ4v) is 5.68. The number of rotatable bonds is 9. The van der Waals surface area contributed by atoms with Crippen molar-refractivity contribution in [3.8, 4) is 5.75 Å². The third-order valence-electron chi connectivity index (χ3n) is 6.98. The summed E-state index contributed by atoms with van der Waals surface area (Å²) < 4.78 is 21.8. The lowest BCUT2D eigenvalue weighted by molar-refractivity contribution is -0.110. The van der Waals surface area contributed by atoms with Gasteiger partial charge in [-0.25, -0.2) is 9.38 Å². The highest BCUT2D eigenvalue weighted by atomic mass is 35.5. The highest BCUT2D eigenvalue weighted by Gasteiger charge is 2.24. The molecule has 6 rings (SSSR count). The summed E-state index contributed by atoms with van der Waals surface area (Å²) in [5, 5.41) is 3.96. The van der Waals surface area contributed by atoms with Gasteiger partial charge in [-0.3, -0.25) is 14.8 Å². The first-order chi connectivity index (χ1) is 22.3. The van der Waals surface area contributed by atoms with Crippen LogP contribution in [0.3, 0.4) is 0 Å². The van der Waals surface area contributed by atoms with E-state index in [1.165, 1.54) is 36.9 Å². The molecule has 0 aliphatic heterocycles. The van der Waals surface area contributed by atoms with Gasteiger partial charge < -0.3 is 14.6 Å². The molecule has 3 aromatic carbocycles. The van der Waals surface area contributed by atoms with E-state index in [9.17, 15) is 9.18 Å². The number of nitrogens with zero attached hydrogens (tertiary/aromatic N) is 4. The summed E-state index contributed by atoms with van der Waals surface area (Å²) >= 11 is 25.6. The fourth-order valence-electron chi connectivity index (χ4n) is 4.77. The Morgan fingerprint density at radius 3 is 2.15 bits per heavy atom.